The number of likely N-dealkylation sites (tertiary alicyclic amines) is 1. The third kappa shape index (κ3) is 3.22. The van der Waals surface area contributed by atoms with Gasteiger partial charge in [0.1, 0.15) is 0 Å². The number of imidazole rings is 1. The highest BCUT2D eigenvalue weighted by atomic mass is 32.1. The van der Waals surface area contributed by atoms with Crippen LogP contribution in [-0.4, -0.2) is 40.0 Å². The highest BCUT2D eigenvalue weighted by Gasteiger charge is 2.22. The number of rotatable bonds is 6. The normalized spacial score (nSPS) is 20.8. The molecule has 1 atom stereocenters. The number of hydrogen-bond acceptors (Lipinski definition) is 4. The molecule has 1 unspecified atom stereocenters. The van der Waals surface area contributed by atoms with Crippen LogP contribution in [0.5, 0.6) is 0 Å². The van der Waals surface area contributed by atoms with Gasteiger partial charge in [0.15, 0.2) is 4.96 Å². The van der Waals surface area contributed by atoms with Gasteiger partial charge in [-0.25, -0.2) is 4.98 Å². The molecule has 1 saturated heterocycles. The highest BCUT2D eigenvalue weighted by Crippen LogP contribution is 2.20. The lowest BCUT2D eigenvalue weighted by Crippen LogP contribution is -2.45. The van der Waals surface area contributed by atoms with Crippen LogP contribution >= 0.6 is 11.3 Å². The molecule has 110 valence electrons. The molecule has 1 N–H and O–H groups in total. The second-order valence-corrected chi connectivity index (χ2v) is 6.52. The standard InChI is InChI=1S/C15H24N4S/c1-2-6-16-10-14-5-3-4-7-18(14)11-13-12-19-8-9-20-15(19)17-13/h8-9,12,14,16H,2-7,10-11H2,1H3. The van der Waals surface area contributed by atoms with Crippen LogP contribution in [0.4, 0.5) is 0 Å². The zero-order valence-electron chi connectivity index (χ0n) is 12.2. The molecule has 0 saturated carbocycles. The van der Waals surface area contributed by atoms with E-state index in [9.17, 15) is 0 Å². The molecule has 0 bridgehead atoms. The van der Waals surface area contributed by atoms with Crippen LogP contribution in [0.1, 0.15) is 38.3 Å². The average molecular weight is 292 g/mol. The first-order valence-electron chi connectivity index (χ1n) is 7.72. The predicted octanol–water partition coefficient (Wildman–Crippen LogP) is 2.75. The van der Waals surface area contributed by atoms with Crippen molar-refractivity contribution in [1.29, 1.82) is 0 Å². The second-order valence-electron chi connectivity index (χ2n) is 5.65. The van der Waals surface area contributed by atoms with E-state index in [1.807, 2.05) is 0 Å². The van der Waals surface area contributed by atoms with Crippen LogP contribution in [0, 0.1) is 0 Å². The van der Waals surface area contributed by atoms with E-state index in [1.54, 1.807) is 11.3 Å². The van der Waals surface area contributed by atoms with Crippen molar-refractivity contribution in [3.63, 3.8) is 0 Å². The van der Waals surface area contributed by atoms with Crippen molar-refractivity contribution in [2.75, 3.05) is 19.6 Å². The predicted molar refractivity (Wildman–Crippen MR) is 84.3 cm³/mol. The Morgan fingerprint density at radius 3 is 3.25 bits per heavy atom. The number of thiazole rings is 1. The molecule has 1 aliphatic heterocycles. The molecule has 2 aromatic heterocycles. The summed E-state index contributed by atoms with van der Waals surface area (Å²) in [6.07, 6.45) is 9.49. The Balaban J connectivity index is 1.62. The Labute approximate surface area is 124 Å². The molecule has 0 aromatic carbocycles. The maximum atomic E-state index is 4.72. The number of hydrogen-bond donors (Lipinski definition) is 1. The van der Waals surface area contributed by atoms with Crippen molar-refractivity contribution in [3.8, 4) is 0 Å². The smallest absolute Gasteiger partial charge is 0.193 e. The van der Waals surface area contributed by atoms with Gasteiger partial charge in [0.05, 0.1) is 5.69 Å². The third-order valence-electron chi connectivity index (χ3n) is 4.06. The van der Waals surface area contributed by atoms with Gasteiger partial charge in [-0.1, -0.05) is 13.3 Å². The summed E-state index contributed by atoms with van der Waals surface area (Å²) in [6, 6.07) is 0.676. The molecule has 5 heteroatoms. The molecule has 0 amide bonds. The molecule has 0 aliphatic carbocycles. The fourth-order valence-corrected chi connectivity index (χ4v) is 3.72. The molecule has 3 heterocycles. The number of nitrogens with one attached hydrogen (secondary N) is 1. The summed E-state index contributed by atoms with van der Waals surface area (Å²) in [5, 5.41) is 5.66. The van der Waals surface area contributed by atoms with E-state index in [4.69, 9.17) is 4.98 Å². The monoisotopic (exact) mass is 292 g/mol. The zero-order valence-corrected chi connectivity index (χ0v) is 13.0. The van der Waals surface area contributed by atoms with Crippen LogP contribution in [-0.2, 0) is 6.54 Å². The van der Waals surface area contributed by atoms with E-state index in [1.165, 1.54) is 37.9 Å². The molecular weight excluding hydrogens is 268 g/mol. The molecule has 1 fully saturated rings. The lowest BCUT2D eigenvalue weighted by Gasteiger charge is -2.35. The summed E-state index contributed by atoms with van der Waals surface area (Å²) < 4.78 is 2.13. The van der Waals surface area contributed by atoms with E-state index in [0.29, 0.717) is 6.04 Å². The lowest BCUT2D eigenvalue weighted by atomic mass is 10.0. The van der Waals surface area contributed by atoms with E-state index in [-0.39, 0.29) is 0 Å². The summed E-state index contributed by atoms with van der Waals surface area (Å²) in [5.74, 6) is 0. The zero-order chi connectivity index (χ0) is 13.8. The van der Waals surface area contributed by atoms with Gasteiger partial charge >= 0.3 is 0 Å². The largest absolute Gasteiger partial charge is 0.315 e. The van der Waals surface area contributed by atoms with E-state index in [2.05, 4.69) is 39.3 Å². The number of aromatic nitrogens is 2. The molecule has 1 aliphatic rings. The molecule has 0 spiro atoms. The Morgan fingerprint density at radius 1 is 1.45 bits per heavy atom. The van der Waals surface area contributed by atoms with Gasteiger partial charge in [-0.2, -0.15) is 0 Å². The molecule has 2 aromatic rings. The highest BCUT2D eigenvalue weighted by molar-refractivity contribution is 7.15. The summed E-state index contributed by atoms with van der Waals surface area (Å²) in [6.45, 7) is 6.68. The first kappa shape index (κ1) is 14.0. The topological polar surface area (TPSA) is 32.6 Å². The van der Waals surface area contributed by atoms with Gasteiger partial charge in [0, 0.05) is 36.9 Å². The first-order chi connectivity index (χ1) is 9.86. The minimum atomic E-state index is 0.676. The van der Waals surface area contributed by atoms with Gasteiger partial charge in [0.25, 0.3) is 0 Å². The molecule has 0 radical (unpaired) electrons. The van der Waals surface area contributed by atoms with Crippen molar-refractivity contribution in [1.82, 2.24) is 19.6 Å². The lowest BCUT2D eigenvalue weighted by molar-refractivity contribution is 0.136. The van der Waals surface area contributed by atoms with Gasteiger partial charge in [-0.05, 0) is 32.4 Å². The van der Waals surface area contributed by atoms with Crippen LogP contribution in [0.25, 0.3) is 4.96 Å². The first-order valence-corrected chi connectivity index (χ1v) is 8.60. The summed E-state index contributed by atoms with van der Waals surface area (Å²) in [7, 11) is 0. The van der Waals surface area contributed by atoms with Crippen molar-refractivity contribution >= 4 is 16.3 Å². The van der Waals surface area contributed by atoms with Gasteiger partial charge in [-0.15, -0.1) is 11.3 Å². The minimum absolute atomic E-state index is 0.676. The maximum Gasteiger partial charge on any atom is 0.193 e. The van der Waals surface area contributed by atoms with Gasteiger partial charge in [-0.3, -0.25) is 9.30 Å². The quantitative estimate of drug-likeness (QED) is 0.831. The van der Waals surface area contributed by atoms with E-state index < -0.39 is 0 Å². The van der Waals surface area contributed by atoms with Gasteiger partial charge in [0.2, 0.25) is 0 Å². The van der Waals surface area contributed by atoms with Crippen molar-refractivity contribution in [3.05, 3.63) is 23.5 Å². The van der Waals surface area contributed by atoms with Crippen LogP contribution in [0.15, 0.2) is 17.8 Å². The Morgan fingerprint density at radius 2 is 2.40 bits per heavy atom. The van der Waals surface area contributed by atoms with Crippen molar-refractivity contribution < 1.29 is 0 Å². The van der Waals surface area contributed by atoms with Crippen molar-refractivity contribution in [2.45, 2.75) is 45.2 Å². The number of piperidine rings is 1. The minimum Gasteiger partial charge on any atom is -0.315 e. The molecule has 20 heavy (non-hydrogen) atoms. The van der Waals surface area contributed by atoms with E-state index in [0.717, 1.165) is 24.6 Å². The van der Waals surface area contributed by atoms with Gasteiger partial charge < -0.3 is 5.32 Å². The Bertz CT molecular complexity index is 504. The SMILES string of the molecule is CCCNCC1CCCCN1Cc1cn2ccsc2n1. The maximum absolute atomic E-state index is 4.72. The molecule has 3 rings (SSSR count). The number of nitrogens with zero attached hydrogens (tertiary/aromatic N) is 3. The molecular formula is C15H24N4S. The Kier molecular flexibility index (Phi) is 4.70. The number of fused-ring (bicyclic) bond motifs is 1. The van der Waals surface area contributed by atoms with Crippen LogP contribution < -0.4 is 5.32 Å². The molecule has 4 nitrogen and oxygen atoms in total. The summed E-state index contributed by atoms with van der Waals surface area (Å²) in [5.41, 5.74) is 1.21. The fraction of sp³-hybridized carbons (Fsp3) is 0.667. The average Bonchev–Trinajstić information content (AvgIpc) is 3.02. The van der Waals surface area contributed by atoms with Crippen LogP contribution in [0.3, 0.4) is 0 Å². The summed E-state index contributed by atoms with van der Waals surface area (Å²) >= 11 is 1.71. The van der Waals surface area contributed by atoms with Crippen LogP contribution in [0.2, 0.25) is 0 Å². The fourth-order valence-electron chi connectivity index (χ4n) is 3.01. The van der Waals surface area contributed by atoms with Crippen molar-refractivity contribution in [2.24, 2.45) is 0 Å². The summed E-state index contributed by atoms with van der Waals surface area (Å²) in [4.78, 5) is 8.44. The van der Waals surface area contributed by atoms with E-state index >= 15 is 0 Å². The third-order valence-corrected chi connectivity index (χ3v) is 4.83. The Hall–Kier alpha value is -0.910. The second kappa shape index (κ2) is 6.70.